The van der Waals surface area contributed by atoms with Gasteiger partial charge in [-0.2, -0.15) is 13.2 Å². The zero-order valence-corrected chi connectivity index (χ0v) is 11.0. The van der Waals surface area contributed by atoms with Crippen LogP contribution >= 0.6 is 11.8 Å². The quantitative estimate of drug-likeness (QED) is 0.799. The number of alkyl halides is 3. The molecule has 0 radical (unpaired) electrons. The van der Waals surface area contributed by atoms with Crippen LogP contribution in [0.25, 0.3) is 0 Å². The lowest BCUT2D eigenvalue weighted by atomic mass is 10.1. The molecule has 1 N–H and O–H groups in total. The molecule has 0 aromatic carbocycles. The van der Waals surface area contributed by atoms with Crippen LogP contribution in [-0.4, -0.2) is 48.4 Å². The molecule has 1 rings (SSSR count). The maximum Gasteiger partial charge on any atom is 0.441 e. The molecule has 0 aromatic rings. The van der Waals surface area contributed by atoms with Crippen molar-refractivity contribution in [2.45, 2.75) is 37.7 Å². The number of nitrogens with one attached hydrogen (secondary N) is 1. The second-order valence-electron chi connectivity index (χ2n) is 4.39. The summed E-state index contributed by atoms with van der Waals surface area (Å²) in [4.78, 5) is 2.13. The Kier molecular flexibility index (Phi) is 6.66. The van der Waals surface area contributed by atoms with Gasteiger partial charge in [-0.05, 0) is 44.1 Å². The van der Waals surface area contributed by atoms with Gasteiger partial charge < -0.3 is 10.2 Å². The summed E-state index contributed by atoms with van der Waals surface area (Å²) in [6, 6.07) is 0.458. The highest BCUT2D eigenvalue weighted by atomic mass is 32.2. The Morgan fingerprint density at radius 1 is 1.41 bits per heavy atom. The van der Waals surface area contributed by atoms with Crippen LogP contribution in [0.2, 0.25) is 0 Å². The standard InChI is InChI=1S/C11H21F3N2S/c1-2-5-15-10-4-3-6-16(9-10)7-8-17-11(12,13)14/h10,15H,2-9H2,1H3. The van der Waals surface area contributed by atoms with Crippen LogP contribution in [0.1, 0.15) is 26.2 Å². The number of piperidine rings is 1. The maximum atomic E-state index is 12.0. The summed E-state index contributed by atoms with van der Waals surface area (Å²) < 4.78 is 36.0. The first-order chi connectivity index (χ1) is 8.01. The number of hydrogen-bond donors (Lipinski definition) is 1. The lowest BCUT2D eigenvalue weighted by Gasteiger charge is -2.33. The van der Waals surface area contributed by atoms with Crippen LogP contribution in [0.3, 0.4) is 0 Å². The van der Waals surface area contributed by atoms with Crippen molar-refractivity contribution >= 4 is 11.8 Å². The number of rotatable bonds is 6. The number of halogens is 3. The van der Waals surface area contributed by atoms with Gasteiger partial charge in [0.25, 0.3) is 0 Å². The fourth-order valence-electron chi connectivity index (χ4n) is 2.06. The van der Waals surface area contributed by atoms with Crippen molar-refractivity contribution in [2.75, 3.05) is 31.9 Å². The molecule has 1 heterocycles. The molecule has 0 amide bonds. The van der Waals surface area contributed by atoms with Gasteiger partial charge in [0.15, 0.2) is 0 Å². The van der Waals surface area contributed by atoms with E-state index in [2.05, 4.69) is 17.1 Å². The van der Waals surface area contributed by atoms with E-state index in [9.17, 15) is 13.2 Å². The van der Waals surface area contributed by atoms with Crippen molar-refractivity contribution in [2.24, 2.45) is 0 Å². The Morgan fingerprint density at radius 3 is 2.82 bits per heavy atom. The summed E-state index contributed by atoms with van der Waals surface area (Å²) in [6.07, 6.45) is 3.32. The van der Waals surface area contributed by atoms with Crippen LogP contribution in [-0.2, 0) is 0 Å². The Balaban J connectivity index is 2.16. The summed E-state index contributed by atoms with van der Waals surface area (Å²) in [7, 11) is 0. The number of likely N-dealkylation sites (tertiary alicyclic amines) is 1. The number of thioether (sulfide) groups is 1. The average molecular weight is 270 g/mol. The third-order valence-corrected chi connectivity index (χ3v) is 3.58. The van der Waals surface area contributed by atoms with Gasteiger partial charge in [-0.1, -0.05) is 6.92 Å². The van der Waals surface area contributed by atoms with E-state index in [0.29, 0.717) is 12.6 Å². The van der Waals surface area contributed by atoms with Gasteiger partial charge in [-0.15, -0.1) is 0 Å². The molecule has 1 aliphatic rings. The molecule has 0 spiro atoms. The van der Waals surface area contributed by atoms with E-state index < -0.39 is 5.51 Å². The van der Waals surface area contributed by atoms with E-state index in [1.807, 2.05) is 0 Å². The minimum absolute atomic E-state index is 0.0842. The Hall–Kier alpha value is 0.0600. The molecule has 0 aromatic heterocycles. The van der Waals surface area contributed by atoms with Crippen LogP contribution in [0.5, 0.6) is 0 Å². The van der Waals surface area contributed by atoms with Crippen LogP contribution in [0.4, 0.5) is 13.2 Å². The van der Waals surface area contributed by atoms with Crippen molar-refractivity contribution in [3.8, 4) is 0 Å². The van der Waals surface area contributed by atoms with Crippen LogP contribution in [0.15, 0.2) is 0 Å². The smallest absolute Gasteiger partial charge is 0.313 e. The highest BCUT2D eigenvalue weighted by molar-refractivity contribution is 8.00. The van der Waals surface area contributed by atoms with Crippen molar-refractivity contribution in [1.29, 1.82) is 0 Å². The van der Waals surface area contributed by atoms with Gasteiger partial charge in [0.1, 0.15) is 0 Å². The zero-order chi connectivity index (χ0) is 12.7. The third kappa shape index (κ3) is 7.16. The molecular formula is C11H21F3N2S. The summed E-state index contributed by atoms with van der Waals surface area (Å²) in [5.74, 6) is 0.143. The van der Waals surface area contributed by atoms with Crippen LogP contribution in [0, 0.1) is 0 Å². The predicted molar refractivity (Wildman–Crippen MR) is 66.3 cm³/mol. The van der Waals surface area contributed by atoms with Gasteiger partial charge >= 0.3 is 5.51 Å². The van der Waals surface area contributed by atoms with E-state index in [1.165, 1.54) is 0 Å². The van der Waals surface area contributed by atoms with Crippen molar-refractivity contribution in [3.63, 3.8) is 0 Å². The summed E-state index contributed by atoms with van der Waals surface area (Å²) >= 11 is 0.0842. The Morgan fingerprint density at radius 2 is 2.18 bits per heavy atom. The van der Waals surface area contributed by atoms with Crippen molar-refractivity contribution in [1.82, 2.24) is 10.2 Å². The molecule has 1 saturated heterocycles. The molecule has 17 heavy (non-hydrogen) atoms. The first-order valence-electron chi connectivity index (χ1n) is 6.17. The van der Waals surface area contributed by atoms with Gasteiger partial charge in [-0.25, -0.2) is 0 Å². The topological polar surface area (TPSA) is 15.3 Å². The second-order valence-corrected chi connectivity index (χ2v) is 5.55. The van der Waals surface area contributed by atoms with Gasteiger partial charge in [-0.3, -0.25) is 0 Å². The molecule has 0 bridgehead atoms. The molecule has 0 aliphatic carbocycles. The molecule has 6 heteroatoms. The summed E-state index contributed by atoms with van der Waals surface area (Å²) in [6.45, 7) is 5.47. The monoisotopic (exact) mass is 270 g/mol. The normalized spacial score (nSPS) is 22.9. The van der Waals surface area contributed by atoms with E-state index >= 15 is 0 Å². The van der Waals surface area contributed by atoms with Crippen molar-refractivity contribution in [3.05, 3.63) is 0 Å². The molecule has 1 fully saturated rings. The molecule has 1 atom stereocenters. The van der Waals surface area contributed by atoms with E-state index in [-0.39, 0.29) is 17.5 Å². The first-order valence-corrected chi connectivity index (χ1v) is 7.16. The SMILES string of the molecule is CCCNC1CCCN(CCSC(F)(F)F)C1. The van der Waals surface area contributed by atoms with Gasteiger partial charge in [0.05, 0.1) is 0 Å². The van der Waals surface area contributed by atoms with Gasteiger partial charge in [0.2, 0.25) is 0 Å². The molecule has 0 saturated carbocycles. The highest BCUT2D eigenvalue weighted by Gasteiger charge is 2.28. The molecular weight excluding hydrogens is 249 g/mol. The minimum Gasteiger partial charge on any atom is -0.313 e. The summed E-state index contributed by atoms with van der Waals surface area (Å²) in [5.41, 5.74) is -4.09. The maximum absolute atomic E-state index is 12.0. The largest absolute Gasteiger partial charge is 0.441 e. The first kappa shape index (κ1) is 15.1. The molecule has 2 nitrogen and oxygen atoms in total. The number of hydrogen-bond acceptors (Lipinski definition) is 3. The fraction of sp³-hybridized carbons (Fsp3) is 1.00. The third-order valence-electron chi connectivity index (χ3n) is 2.86. The zero-order valence-electron chi connectivity index (χ0n) is 10.2. The van der Waals surface area contributed by atoms with E-state index in [0.717, 1.165) is 38.9 Å². The Labute approximate surface area is 105 Å². The second kappa shape index (κ2) is 7.48. The molecule has 102 valence electrons. The fourth-order valence-corrected chi connectivity index (χ4v) is 2.65. The lowest BCUT2D eigenvalue weighted by Crippen LogP contribution is -2.46. The van der Waals surface area contributed by atoms with E-state index in [4.69, 9.17) is 0 Å². The predicted octanol–water partition coefficient (Wildman–Crippen LogP) is 2.70. The Bertz CT molecular complexity index is 211. The lowest BCUT2D eigenvalue weighted by molar-refractivity contribution is -0.0329. The number of nitrogens with zero attached hydrogens (tertiary/aromatic N) is 1. The van der Waals surface area contributed by atoms with E-state index in [1.54, 1.807) is 0 Å². The molecule has 1 aliphatic heterocycles. The van der Waals surface area contributed by atoms with Gasteiger partial charge in [0, 0.05) is 24.9 Å². The summed E-state index contributed by atoms with van der Waals surface area (Å²) in [5, 5.41) is 3.44. The minimum atomic E-state index is -4.09. The highest BCUT2D eigenvalue weighted by Crippen LogP contribution is 2.30. The molecule has 1 unspecified atom stereocenters. The van der Waals surface area contributed by atoms with Crippen molar-refractivity contribution < 1.29 is 13.2 Å². The average Bonchev–Trinajstić information content (AvgIpc) is 2.25. The van der Waals surface area contributed by atoms with Crippen LogP contribution < -0.4 is 5.32 Å².